The molecule has 0 unspecified atom stereocenters. The second kappa shape index (κ2) is 4.75. The van der Waals surface area contributed by atoms with E-state index in [1.165, 1.54) is 18.5 Å². The van der Waals surface area contributed by atoms with E-state index in [0.29, 0.717) is 19.1 Å². The summed E-state index contributed by atoms with van der Waals surface area (Å²) in [6.45, 7) is 2.74. The average Bonchev–Trinajstić information content (AvgIpc) is 3.04. The number of rotatable bonds is 4. The third-order valence-electron chi connectivity index (χ3n) is 3.81. The molecule has 1 saturated heterocycles. The zero-order chi connectivity index (χ0) is 13.5. The molecule has 2 aliphatic rings. The first-order valence-electron chi connectivity index (χ1n) is 7.01. The first-order chi connectivity index (χ1) is 9.81. The highest BCUT2D eigenvalue weighted by atomic mass is 32.1. The summed E-state index contributed by atoms with van der Waals surface area (Å²) < 4.78 is 2.14. The van der Waals surface area contributed by atoms with Gasteiger partial charge in [-0.25, -0.2) is 4.98 Å². The van der Waals surface area contributed by atoms with E-state index in [-0.39, 0.29) is 5.91 Å². The number of fused-ring (bicyclic) bond motifs is 1. The van der Waals surface area contributed by atoms with E-state index in [1.54, 1.807) is 11.3 Å². The van der Waals surface area contributed by atoms with Crippen LogP contribution >= 0.6 is 11.3 Å². The maximum atomic E-state index is 11.6. The third kappa shape index (κ3) is 2.16. The Balaban J connectivity index is 1.66. The Morgan fingerprint density at radius 3 is 3.20 bits per heavy atom. The molecule has 2 aromatic heterocycles. The first-order valence-corrected chi connectivity index (χ1v) is 7.89. The number of carbonyl (C=O) groups excluding carboxylic acids is 1. The van der Waals surface area contributed by atoms with Gasteiger partial charge in [0.1, 0.15) is 0 Å². The van der Waals surface area contributed by atoms with Crippen molar-refractivity contribution in [3.05, 3.63) is 17.3 Å². The van der Waals surface area contributed by atoms with Gasteiger partial charge >= 0.3 is 0 Å². The first kappa shape index (κ1) is 12.2. The van der Waals surface area contributed by atoms with E-state index in [2.05, 4.69) is 31.5 Å². The Kier molecular flexibility index (Phi) is 2.89. The second-order valence-electron chi connectivity index (χ2n) is 5.36. The zero-order valence-corrected chi connectivity index (χ0v) is 11.9. The van der Waals surface area contributed by atoms with Gasteiger partial charge < -0.3 is 15.5 Å². The number of carbonyl (C=O) groups is 1. The molecule has 0 aromatic carbocycles. The maximum absolute atomic E-state index is 11.6. The number of piperazine rings is 1. The molecule has 1 aliphatic carbocycles. The molecule has 0 bridgehead atoms. The molecule has 0 atom stereocenters. The summed E-state index contributed by atoms with van der Waals surface area (Å²) in [5, 5.41) is 8.46. The van der Waals surface area contributed by atoms with E-state index >= 15 is 0 Å². The molecule has 1 saturated carbocycles. The van der Waals surface area contributed by atoms with Crippen LogP contribution in [0.1, 0.15) is 18.5 Å². The lowest BCUT2D eigenvalue weighted by molar-refractivity contribution is -0.120. The molecule has 1 amide bonds. The molecule has 20 heavy (non-hydrogen) atoms. The summed E-state index contributed by atoms with van der Waals surface area (Å²) in [7, 11) is 0. The lowest BCUT2D eigenvalue weighted by Gasteiger charge is -2.27. The second-order valence-corrected chi connectivity index (χ2v) is 6.24. The number of anilines is 1. The van der Waals surface area contributed by atoms with Gasteiger partial charge in [-0.2, -0.15) is 0 Å². The highest BCUT2D eigenvalue weighted by Gasteiger charge is 2.26. The fourth-order valence-corrected chi connectivity index (χ4v) is 3.31. The van der Waals surface area contributed by atoms with Gasteiger partial charge in [0.2, 0.25) is 5.91 Å². The van der Waals surface area contributed by atoms with Crippen LogP contribution in [0, 0.1) is 0 Å². The van der Waals surface area contributed by atoms with Crippen molar-refractivity contribution in [1.82, 2.24) is 20.0 Å². The van der Waals surface area contributed by atoms with Crippen LogP contribution in [-0.2, 0) is 11.3 Å². The predicted octanol–water partition coefficient (Wildman–Crippen LogP) is 0.584. The van der Waals surface area contributed by atoms with Crippen molar-refractivity contribution in [2.75, 3.05) is 24.5 Å². The quantitative estimate of drug-likeness (QED) is 0.865. The molecule has 7 heteroatoms. The number of nitrogens with zero attached hydrogens (tertiary/aromatic N) is 3. The highest BCUT2D eigenvalue weighted by Crippen LogP contribution is 2.26. The van der Waals surface area contributed by atoms with Crippen molar-refractivity contribution < 1.29 is 4.79 Å². The van der Waals surface area contributed by atoms with Gasteiger partial charge in [0, 0.05) is 37.3 Å². The highest BCUT2D eigenvalue weighted by molar-refractivity contribution is 7.15. The molecule has 4 rings (SSSR count). The predicted molar refractivity (Wildman–Crippen MR) is 78.2 cm³/mol. The van der Waals surface area contributed by atoms with Gasteiger partial charge in [0.25, 0.3) is 0 Å². The summed E-state index contributed by atoms with van der Waals surface area (Å²) in [5.41, 5.74) is 1.17. The zero-order valence-electron chi connectivity index (χ0n) is 11.1. The molecule has 2 fully saturated rings. The molecule has 2 N–H and O–H groups in total. The standard InChI is InChI=1S/C13H17N5OS/c19-11-8-17(4-3-14-11)12-10(7-15-9-1-2-9)18-5-6-20-13(18)16-12/h5-6,9,15H,1-4,7-8H2,(H,14,19). The van der Waals surface area contributed by atoms with E-state index in [0.717, 1.165) is 23.9 Å². The Morgan fingerprint density at radius 2 is 2.40 bits per heavy atom. The fraction of sp³-hybridized carbons (Fsp3) is 0.538. The minimum absolute atomic E-state index is 0.0775. The Bertz CT molecular complexity index is 644. The Morgan fingerprint density at radius 1 is 1.50 bits per heavy atom. The molecular weight excluding hydrogens is 274 g/mol. The summed E-state index contributed by atoms with van der Waals surface area (Å²) in [4.78, 5) is 19.4. The van der Waals surface area contributed by atoms with Crippen molar-refractivity contribution in [3.8, 4) is 0 Å². The number of aromatic nitrogens is 2. The van der Waals surface area contributed by atoms with Crippen LogP contribution in [0.15, 0.2) is 11.6 Å². The van der Waals surface area contributed by atoms with Crippen molar-refractivity contribution in [2.24, 2.45) is 0 Å². The number of thiazole rings is 1. The Hall–Kier alpha value is -1.60. The molecule has 0 spiro atoms. The minimum atomic E-state index is 0.0775. The van der Waals surface area contributed by atoms with Gasteiger partial charge in [-0.1, -0.05) is 0 Å². The smallest absolute Gasteiger partial charge is 0.239 e. The van der Waals surface area contributed by atoms with Crippen molar-refractivity contribution in [2.45, 2.75) is 25.4 Å². The monoisotopic (exact) mass is 291 g/mol. The lowest BCUT2D eigenvalue weighted by Crippen LogP contribution is -2.48. The van der Waals surface area contributed by atoms with Crippen LogP contribution in [0.5, 0.6) is 0 Å². The maximum Gasteiger partial charge on any atom is 0.239 e. The topological polar surface area (TPSA) is 61.7 Å². The van der Waals surface area contributed by atoms with E-state index < -0.39 is 0 Å². The normalized spacial score (nSPS) is 19.6. The van der Waals surface area contributed by atoms with Crippen LogP contribution in [0.4, 0.5) is 5.82 Å². The fourth-order valence-electron chi connectivity index (χ4n) is 2.59. The molecule has 1 aliphatic heterocycles. The molecule has 106 valence electrons. The number of hydrogen-bond acceptors (Lipinski definition) is 5. The van der Waals surface area contributed by atoms with Gasteiger partial charge in [-0.3, -0.25) is 9.20 Å². The van der Waals surface area contributed by atoms with Gasteiger partial charge in [0.15, 0.2) is 10.8 Å². The summed E-state index contributed by atoms with van der Waals surface area (Å²) >= 11 is 1.63. The van der Waals surface area contributed by atoms with Crippen molar-refractivity contribution in [1.29, 1.82) is 0 Å². The van der Waals surface area contributed by atoms with E-state index in [4.69, 9.17) is 4.98 Å². The van der Waals surface area contributed by atoms with Crippen LogP contribution < -0.4 is 15.5 Å². The van der Waals surface area contributed by atoms with Crippen molar-refractivity contribution in [3.63, 3.8) is 0 Å². The van der Waals surface area contributed by atoms with Crippen LogP contribution in [0.3, 0.4) is 0 Å². The number of hydrogen-bond donors (Lipinski definition) is 2. The number of amides is 1. The number of nitrogens with one attached hydrogen (secondary N) is 2. The van der Waals surface area contributed by atoms with Crippen LogP contribution in [0.25, 0.3) is 4.96 Å². The summed E-state index contributed by atoms with van der Waals surface area (Å²) in [6.07, 6.45) is 4.60. The summed E-state index contributed by atoms with van der Waals surface area (Å²) in [6, 6.07) is 0.664. The third-order valence-corrected chi connectivity index (χ3v) is 4.57. The van der Waals surface area contributed by atoms with Crippen LogP contribution in [0.2, 0.25) is 0 Å². The lowest BCUT2D eigenvalue weighted by atomic mass is 10.3. The van der Waals surface area contributed by atoms with Gasteiger partial charge in [-0.15, -0.1) is 11.3 Å². The SMILES string of the molecule is O=C1CN(c2nc3sccn3c2CNC2CC2)CCN1. The van der Waals surface area contributed by atoms with Gasteiger partial charge in [0.05, 0.1) is 12.2 Å². The van der Waals surface area contributed by atoms with E-state index in [1.807, 2.05) is 0 Å². The molecule has 0 radical (unpaired) electrons. The summed E-state index contributed by atoms with van der Waals surface area (Å²) in [5.74, 6) is 1.04. The number of imidazole rings is 1. The largest absolute Gasteiger partial charge is 0.353 e. The molecule has 3 heterocycles. The van der Waals surface area contributed by atoms with Gasteiger partial charge in [-0.05, 0) is 12.8 Å². The van der Waals surface area contributed by atoms with E-state index in [9.17, 15) is 4.79 Å². The molecule has 6 nitrogen and oxygen atoms in total. The van der Waals surface area contributed by atoms with Crippen molar-refractivity contribution >= 4 is 28.0 Å². The Labute approximate surface area is 120 Å². The van der Waals surface area contributed by atoms with Crippen LogP contribution in [-0.4, -0.2) is 41.0 Å². The molecule has 2 aromatic rings. The average molecular weight is 291 g/mol. The molecular formula is C13H17N5OS. The minimum Gasteiger partial charge on any atom is -0.353 e.